The SMILES string of the molecule is Nc1nc2cc(Br)c(F)cc2n1Cc1ccc(F)c(Cl)c1. The Morgan fingerprint density at radius 3 is 2.67 bits per heavy atom. The van der Waals surface area contributed by atoms with Crippen LogP contribution in [0.4, 0.5) is 14.7 Å². The van der Waals surface area contributed by atoms with Gasteiger partial charge in [-0.3, -0.25) is 0 Å². The normalized spacial score (nSPS) is 11.2. The van der Waals surface area contributed by atoms with Crippen LogP contribution in [-0.4, -0.2) is 9.55 Å². The maximum absolute atomic E-state index is 13.7. The molecule has 0 unspecified atom stereocenters. The van der Waals surface area contributed by atoms with E-state index in [2.05, 4.69) is 20.9 Å². The topological polar surface area (TPSA) is 43.8 Å². The Bertz CT molecular complexity index is 848. The maximum Gasteiger partial charge on any atom is 0.201 e. The van der Waals surface area contributed by atoms with Gasteiger partial charge < -0.3 is 10.3 Å². The average molecular weight is 373 g/mol. The lowest BCUT2D eigenvalue weighted by atomic mass is 10.2. The standard InChI is InChI=1S/C14H9BrClF2N3/c15-8-4-12-13(5-11(8)18)21(14(19)20-12)6-7-1-2-10(17)9(16)3-7/h1-5H,6H2,(H2,19,20). The molecule has 1 heterocycles. The zero-order chi connectivity index (χ0) is 15.1. The maximum atomic E-state index is 13.7. The molecule has 3 aromatic rings. The Kier molecular flexibility index (Phi) is 3.59. The molecule has 0 saturated carbocycles. The summed E-state index contributed by atoms with van der Waals surface area (Å²) >= 11 is 8.87. The zero-order valence-corrected chi connectivity index (χ0v) is 12.9. The fourth-order valence-electron chi connectivity index (χ4n) is 2.13. The molecule has 0 fully saturated rings. The molecule has 21 heavy (non-hydrogen) atoms. The predicted octanol–water partition coefficient (Wildman–Crippen LogP) is 4.36. The number of benzene rings is 2. The van der Waals surface area contributed by atoms with Crippen LogP contribution in [0.3, 0.4) is 0 Å². The largest absolute Gasteiger partial charge is 0.369 e. The van der Waals surface area contributed by atoms with Crippen molar-refractivity contribution in [3.05, 3.63) is 57.0 Å². The third-order valence-electron chi connectivity index (χ3n) is 3.14. The van der Waals surface area contributed by atoms with Crippen molar-refractivity contribution < 1.29 is 8.78 Å². The lowest BCUT2D eigenvalue weighted by molar-refractivity contribution is 0.622. The molecule has 108 valence electrons. The number of aromatic nitrogens is 2. The first-order valence-corrected chi connectivity index (χ1v) is 7.17. The first-order valence-electron chi connectivity index (χ1n) is 6.00. The van der Waals surface area contributed by atoms with Crippen LogP contribution < -0.4 is 5.73 Å². The summed E-state index contributed by atoms with van der Waals surface area (Å²) in [5.74, 6) is -0.636. The molecule has 2 N–H and O–H groups in total. The van der Waals surface area contributed by atoms with Crippen LogP contribution in [0, 0.1) is 11.6 Å². The Balaban J connectivity index is 2.09. The van der Waals surface area contributed by atoms with Crippen LogP contribution in [0.1, 0.15) is 5.56 Å². The van der Waals surface area contributed by atoms with E-state index >= 15 is 0 Å². The molecule has 0 aliphatic rings. The van der Waals surface area contributed by atoms with Crippen LogP contribution in [0.5, 0.6) is 0 Å². The highest BCUT2D eigenvalue weighted by molar-refractivity contribution is 9.10. The number of hydrogen-bond acceptors (Lipinski definition) is 2. The lowest BCUT2D eigenvalue weighted by Gasteiger charge is -2.08. The molecule has 1 aromatic heterocycles. The molecule has 0 aliphatic heterocycles. The van der Waals surface area contributed by atoms with Crippen molar-refractivity contribution in [1.29, 1.82) is 0 Å². The van der Waals surface area contributed by atoms with Gasteiger partial charge in [-0.15, -0.1) is 0 Å². The van der Waals surface area contributed by atoms with E-state index in [1.807, 2.05) is 0 Å². The van der Waals surface area contributed by atoms with Crippen molar-refractivity contribution in [2.45, 2.75) is 6.54 Å². The minimum atomic E-state index is -0.487. The number of imidazole rings is 1. The molecule has 7 heteroatoms. The van der Waals surface area contributed by atoms with Gasteiger partial charge in [0, 0.05) is 6.07 Å². The first-order chi connectivity index (χ1) is 9.95. The first kappa shape index (κ1) is 14.3. The second kappa shape index (κ2) is 5.27. The number of fused-ring (bicyclic) bond motifs is 1. The van der Waals surface area contributed by atoms with Crippen molar-refractivity contribution in [2.75, 3.05) is 5.73 Å². The van der Waals surface area contributed by atoms with Gasteiger partial charge in [-0.25, -0.2) is 13.8 Å². The highest BCUT2D eigenvalue weighted by Crippen LogP contribution is 2.26. The third-order valence-corrected chi connectivity index (χ3v) is 4.04. The molecule has 0 saturated heterocycles. The smallest absolute Gasteiger partial charge is 0.201 e. The van der Waals surface area contributed by atoms with Crippen molar-refractivity contribution in [3.8, 4) is 0 Å². The van der Waals surface area contributed by atoms with Crippen molar-refractivity contribution in [2.24, 2.45) is 0 Å². The molecule has 0 radical (unpaired) electrons. The summed E-state index contributed by atoms with van der Waals surface area (Å²) in [5.41, 5.74) is 7.76. The van der Waals surface area contributed by atoms with Crippen molar-refractivity contribution in [1.82, 2.24) is 9.55 Å². The van der Waals surface area contributed by atoms with Gasteiger partial charge in [-0.1, -0.05) is 17.7 Å². The number of rotatable bonds is 2. The monoisotopic (exact) mass is 371 g/mol. The molecular weight excluding hydrogens is 364 g/mol. The number of anilines is 1. The fourth-order valence-corrected chi connectivity index (χ4v) is 2.66. The van der Waals surface area contributed by atoms with Crippen LogP contribution in [0.25, 0.3) is 11.0 Å². The Labute approximate surface area is 132 Å². The van der Waals surface area contributed by atoms with Gasteiger partial charge >= 0.3 is 0 Å². The van der Waals surface area contributed by atoms with Crippen LogP contribution >= 0.6 is 27.5 Å². The van der Waals surface area contributed by atoms with Crippen molar-refractivity contribution >= 4 is 44.5 Å². The number of nitrogen functional groups attached to an aromatic ring is 1. The van der Waals surface area contributed by atoms with E-state index < -0.39 is 11.6 Å². The number of nitrogens with two attached hydrogens (primary N) is 1. The van der Waals surface area contributed by atoms with E-state index in [0.717, 1.165) is 5.56 Å². The Morgan fingerprint density at radius 2 is 1.95 bits per heavy atom. The van der Waals surface area contributed by atoms with Gasteiger partial charge in [-0.05, 0) is 39.7 Å². The lowest BCUT2D eigenvalue weighted by Crippen LogP contribution is -2.05. The van der Waals surface area contributed by atoms with Gasteiger partial charge in [0.15, 0.2) is 0 Å². The number of halogens is 4. The zero-order valence-electron chi connectivity index (χ0n) is 10.6. The molecule has 0 spiro atoms. The summed E-state index contributed by atoms with van der Waals surface area (Å²) in [6.07, 6.45) is 0. The highest BCUT2D eigenvalue weighted by atomic mass is 79.9. The van der Waals surface area contributed by atoms with Gasteiger partial charge in [0.2, 0.25) is 5.95 Å². The van der Waals surface area contributed by atoms with E-state index in [1.165, 1.54) is 18.2 Å². The number of hydrogen-bond donors (Lipinski definition) is 1. The average Bonchev–Trinajstić information content (AvgIpc) is 2.71. The molecule has 0 atom stereocenters. The molecule has 2 aromatic carbocycles. The van der Waals surface area contributed by atoms with E-state index in [1.54, 1.807) is 16.7 Å². The predicted molar refractivity (Wildman–Crippen MR) is 82.3 cm³/mol. The van der Waals surface area contributed by atoms with Crippen molar-refractivity contribution in [3.63, 3.8) is 0 Å². The second-order valence-electron chi connectivity index (χ2n) is 4.56. The molecule has 0 aliphatic carbocycles. The minimum Gasteiger partial charge on any atom is -0.369 e. The molecule has 0 amide bonds. The van der Waals surface area contributed by atoms with E-state index in [-0.39, 0.29) is 11.0 Å². The molecule has 3 nitrogen and oxygen atoms in total. The third kappa shape index (κ3) is 2.61. The summed E-state index contributed by atoms with van der Waals surface area (Å²) in [5, 5.41) is 0.0319. The highest BCUT2D eigenvalue weighted by Gasteiger charge is 2.12. The molecular formula is C14H9BrClF2N3. The van der Waals surface area contributed by atoms with Gasteiger partial charge in [0.1, 0.15) is 11.6 Å². The number of nitrogens with zero attached hydrogens (tertiary/aromatic N) is 2. The summed E-state index contributed by atoms with van der Waals surface area (Å²) < 4.78 is 28.8. The van der Waals surface area contributed by atoms with Crippen LogP contribution in [0.15, 0.2) is 34.8 Å². The van der Waals surface area contributed by atoms with Gasteiger partial charge in [-0.2, -0.15) is 0 Å². The van der Waals surface area contributed by atoms with Gasteiger partial charge in [0.05, 0.1) is 27.1 Å². The van der Waals surface area contributed by atoms with E-state index in [4.69, 9.17) is 17.3 Å². The Morgan fingerprint density at radius 1 is 1.19 bits per heavy atom. The fraction of sp³-hybridized carbons (Fsp3) is 0.0714. The van der Waals surface area contributed by atoms with Crippen LogP contribution in [0.2, 0.25) is 5.02 Å². The van der Waals surface area contributed by atoms with E-state index in [9.17, 15) is 8.78 Å². The molecule has 3 rings (SSSR count). The quantitative estimate of drug-likeness (QED) is 0.726. The summed E-state index contributed by atoms with van der Waals surface area (Å²) in [4.78, 5) is 4.19. The summed E-state index contributed by atoms with van der Waals surface area (Å²) in [6, 6.07) is 7.31. The van der Waals surface area contributed by atoms with Crippen LogP contribution in [-0.2, 0) is 6.54 Å². The van der Waals surface area contributed by atoms with Gasteiger partial charge in [0.25, 0.3) is 0 Å². The molecule has 0 bridgehead atoms. The Hall–Kier alpha value is -1.66. The second-order valence-corrected chi connectivity index (χ2v) is 5.82. The summed E-state index contributed by atoms with van der Waals surface area (Å²) in [6.45, 7) is 0.323. The summed E-state index contributed by atoms with van der Waals surface area (Å²) in [7, 11) is 0. The minimum absolute atomic E-state index is 0.0319. The van der Waals surface area contributed by atoms with E-state index in [0.29, 0.717) is 22.1 Å².